The van der Waals surface area contributed by atoms with Crippen LogP contribution < -0.4 is 5.73 Å². The molecule has 0 fully saturated rings. The summed E-state index contributed by atoms with van der Waals surface area (Å²) in [6.45, 7) is 6.89. The molecular formula is C11H16N2OS. The van der Waals surface area contributed by atoms with Crippen molar-refractivity contribution in [1.29, 1.82) is 0 Å². The highest BCUT2D eigenvalue weighted by atomic mass is 32.2. The molecule has 1 rings (SSSR count). The number of carbonyl (C=O) groups excluding carboxylic acids is 1. The number of thioether (sulfide) groups is 1. The summed E-state index contributed by atoms with van der Waals surface area (Å²) in [7, 11) is 0. The number of aliphatic imine (C=N–C) groups is 1. The fourth-order valence-electron chi connectivity index (χ4n) is 0.915. The lowest BCUT2D eigenvalue weighted by Gasteiger charge is -2.01. The van der Waals surface area contributed by atoms with Crippen molar-refractivity contribution in [3.63, 3.8) is 0 Å². The highest BCUT2D eigenvalue weighted by molar-refractivity contribution is 7.98. The molecule has 0 aliphatic carbocycles. The molecule has 0 heterocycles. The average molecular weight is 224 g/mol. The number of hydrogen-bond donors (Lipinski definition) is 1. The lowest BCUT2D eigenvalue weighted by Crippen LogP contribution is -2.01. The van der Waals surface area contributed by atoms with Gasteiger partial charge >= 0.3 is 0 Å². The van der Waals surface area contributed by atoms with Gasteiger partial charge in [-0.15, -0.1) is 11.8 Å². The molecule has 4 heteroatoms. The number of nitrogens with zero attached hydrogens (tertiary/aromatic N) is 1. The van der Waals surface area contributed by atoms with E-state index >= 15 is 0 Å². The van der Waals surface area contributed by atoms with E-state index in [-0.39, 0.29) is 5.91 Å². The number of hydrogen-bond acceptors (Lipinski definition) is 3. The summed E-state index contributed by atoms with van der Waals surface area (Å²) < 4.78 is 0. The minimum atomic E-state index is -0.333. The second kappa shape index (κ2) is 7.06. The van der Waals surface area contributed by atoms with Gasteiger partial charge in [0.05, 0.1) is 5.69 Å². The summed E-state index contributed by atoms with van der Waals surface area (Å²) in [4.78, 5) is 14.3. The Bertz CT molecular complexity index is 346. The first kappa shape index (κ1) is 13.7. The van der Waals surface area contributed by atoms with Crippen LogP contribution in [0.5, 0.6) is 0 Å². The first-order valence-corrected chi connectivity index (χ1v) is 5.61. The maximum atomic E-state index is 9.22. The van der Waals surface area contributed by atoms with Crippen molar-refractivity contribution in [1.82, 2.24) is 0 Å². The van der Waals surface area contributed by atoms with E-state index in [1.165, 1.54) is 17.4 Å². The van der Waals surface area contributed by atoms with Crippen molar-refractivity contribution in [3.8, 4) is 0 Å². The van der Waals surface area contributed by atoms with Crippen LogP contribution in [0.15, 0.2) is 28.1 Å². The van der Waals surface area contributed by atoms with E-state index in [0.29, 0.717) is 0 Å². The normalized spacial score (nSPS) is 8.73. The molecule has 0 aromatic heterocycles. The molecule has 0 atom stereocenters. The zero-order valence-corrected chi connectivity index (χ0v) is 10.1. The summed E-state index contributed by atoms with van der Waals surface area (Å²) in [5.74, 6) is -0.333. The van der Waals surface area contributed by atoms with E-state index in [9.17, 15) is 4.79 Å². The lowest BCUT2D eigenvalue weighted by atomic mass is 10.2. The van der Waals surface area contributed by atoms with Crippen LogP contribution in [0.3, 0.4) is 0 Å². The molecule has 1 aromatic carbocycles. The number of primary amides is 1. The lowest BCUT2D eigenvalue weighted by molar-refractivity contribution is -0.115. The quantitative estimate of drug-likeness (QED) is 0.620. The molecule has 0 aliphatic heterocycles. The highest BCUT2D eigenvalue weighted by Gasteiger charge is 1.97. The van der Waals surface area contributed by atoms with E-state index in [1.54, 1.807) is 11.8 Å². The molecule has 1 amide bonds. The molecule has 0 bridgehead atoms. The van der Waals surface area contributed by atoms with Gasteiger partial charge in [-0.3, -0.25) is 9.79 Å². The Morgan fingerprint density at radius 1 is 1.53 bits per heavy atom. The predicted octanol–water partition coefficient (Wildman–Crippen LogP) is 2.54. The van der Waals surface area contributed by atoms with Gasteiger partial charge < -0.3 is 5.73 Å². The fourth-order valence-corrected chi connectivity index (χ4v) is 1.56. The first-order valence-electron chi connectivity index (χ1n) is 4.38. The summed E-state index contributed by atoms with van der Waals surface area (Å²) in [5, 5.41) is 0. The largest absolute Gasteiger partial charge is 0.370 e. The number of nitrogens with two attached hydrogens (primary N) is 1. The van der Waals surface area contributed by atoms with Crippen molar-refractivity contribution in [2.24, 2.45) is 10.7 Å². The molecule has 15 heavy (non-hydrogen) atoms. The summed E-state index contributed by atoms with van der Waals surface area (Å²) in [6.07, 6.45) is 2.05. The van der Waals surface area contributed by atoms with Gasteiger partial charge in [0.2, 0.25) is 5.91 Å². The van der Waals surface area contributed by atoms with Gasteiger partial charge in [0.1, 0.15) is 0 Å². The fraction of sp³-hybridized carbons (Fsp3) is 0.273. The monoisotopic (exact) mass is 224 g/mol. The van der Waals surface area contributed by atoms with E-state index in [1.807, 2.05) is 18.4 Å². The van der Waals surface area contributed by atoms with Crippen molar-refractivity contribution < 1.29 is 4.79 Å². The van der Waals surface area contributed by atoms with Crippen molar-refractivity contribution >= 4 is 30.1 Å². The smallest absolute Gasteiger partial charge is 0.214 e. The molecule has 0 saturated heterocycles. The van der Waals surface area contributed by atoms with Crippen molar-refractivity contribution in [3.05, 3.63) is 23.8 Å². The number of amides is 1. The van der Waals surface area contributed by atoms with Crippen molar-refractivity contribution in [2.75, 3.05) is 6.26 Å². The Morgan fingerprint density at radius 2 is 2.07 bits per heavy atom. The molecule has 1 aromatic rings. The van der Waals surface area contributed by atoms with Gasteiger partial charge in [0.15, 0.2) is 0 Å². The Hall–Kier alpha value is -1.29. The van der Waals surface area contributed by atoms with E-state index in [2.05, 4.69) is 30.4 Å². The van der Waals surface area contributed by atoms with Crippen LogP contribution >= 0.6 is 11.8 Å². The summed E-state index contributed by atoms with van der Waals surface area (Å²) in [6, 6.07) is 6.16. The minimum absolute atomic E-state index is 0.333. The number of aryl methyl sites for hydroxylation is 1. The van der Waals surface area contributed by atoms with Crippen molar-refractivity contribution in [2.45, 2.75) is 18.7 Å². The van der Waals surface area contributed by atoms with E-state index in [0.717, 1.165) is 5.69 Å². The van der Waals surface area contributed by atoms with Gasteiger partial charge in [0.25, 0.3) is 0 Å². The Balaban J connectivity index is 0.000000423. The number of rotatable bonds is 2. The van der Waals surface area contributed by atoms with Gasteiger partial charge in [-0.1, -0.05) is 6.07 Å². The maximum absolute atomic E-state index is 9.22. The third-order valence-corrected chi connectivity index (χ3v) is 2.27. The van der Waals surface area contributed by atoms with Crippen LogP contribution in [-0.4, -0.2) is 18.9 Å². The Kier molecular flexibility index (Phi) is 6.45. The molecule has 0 spiro atoms. The molecule has 0 aliphatic rings. The molecule has 82 valence electrons. The molecule has 2 N–H and O–H groups in total. The number of carbonyl (C=O) groups is 1. The van der Waals surface area contributed by atoms with Crippen LogP contribution in [0.25, 0.3) is 0 Å². The molecule has 0 unspecified atom stereocenters. The second-order valence-corrected chi connectivity index (χ2v) is 3.79. The predicted molar refractivity (Wildman–Crippen MR) is 67.0 cm³/mol. The third kappa shape index (κ3) is 5.91. The van der Waals surface area contributed by atoms with Crippen LogP contribution in [0, 0.1) is 6.92 Å². The molecule has 3 nitrogen and oxygen atoms in total. The van der Waals surface area contributed by atoms with Crippen LogP contribution in [-0.2, 0) is 4.79 Å². The van der Waals surface area contributed by atoms with Crippen LogP contribution in [0.1, 0.15) is 12.5 Å². The molecule has 0 saturated carbocycles. The standard InChI is InChI=1S/C9H11NS.C2H5NO/c1-7-4-5-8(10-2)9(6-7)11-3;1-2(3)4/h4-6H,2H2,1,3H3;1H3,(H2,3,4). The van der Waals surface area contributed by atoms with E-state index < -0.39 is 0 Å². The maximum Gasteiger partial charge on any atom is 0.214 e. The summed E-state index contributed by atoms with van der Waals surface area (Å²) in [5.41, 5.74) is 6.71. The zero-order chi connectivity index (χ0) is 11.8. The first-order chi connectivity index (χ1) is 7.01. The van der Waals surface area contributed by atoms with E-state index in [4.69, 9.17) is 0 Å². The zero-order valence-electron chi connectivity index (χ0n) is 9.28. The second-order valence-electron chi connectivity index (χ2n) is 2.94. The van der Waals surface area contributed by atoms with Gasteiger partial charge in [-0.2, -0.15) is 0 Å². The van der Waals surface area contributed by atoms with Gasteiger partial charge in [-0.25, -0.2) is 0 Å². The third-order valence-electron chi connectivity index (χ3n) is 1.51. The highest BCUT2D eigenvalue weighted by Crippen LogP contribution is 2.27. The van der Waals surface area contributed by atoms with Gasteiger partial charge in [-0.05, 0) is 37.6 Å². The summed E-state index contributed by atoms with van der Waals surface area (Å²) >= 11 is 1.70. The Morgan fingerprint density at radius 3 is 2.47 bits per heavy atom. The molecular weight excluding hydrogens is 208 g/mol. The van der Waals surface area contributed by atoms with Crippen LogP contribution in [0.2, 0.25) is 0 Å². The topological polar surface area (TPSA) is 55.4 Å². The Labute approximate surface area is 94.8 Å². The van der Waals surface area contributed by atoms with Crippen LogP contribution in [0.4, 0.5) is 5.69 Å². The number of benzene rings is 1. The molecule has 0 radical (unpaired) electrons. The SMILES string of the molecule is C=Nc1ccc(C)cc1SC.CC(N)=O. The minimum Gasteiger partial charge on any atom is -0.370 e. The van der Waals surface area contributed by atoms with Gasteiger partial charge in [0, 0.05) is 11.8 Å². The average Bonchev–Trinajstić information content (AvgIpc) is 2.16.